The highest BCUT2D eigenvalue weighted by atomic mass is 16.3. The van der Waals surface area contributed by atoms with Gasteiger partial charge in [-0.15, -0.1) is 16.0 Å². The van der Waals surface area contributed by atoms with Gasteiger partial charge in [0.1, 0.15) is 5.69 Å². The maximum atomic E-state index is 11.6. The Morgan fingerprint density at radius 2 is 1.88 bits per heavy atom. The molecule has 0 aliphatic rings. The van der Waals surface area contributed by atoms with Crippen LogP contribution in [-0.2, 0) is 0 Å². The van der Waals surface area contributed by atoms with E-state index in [1.54, 1.807) is 13.8 Å². The molecule has 0 radical (unpaired) electrons. The zero-order valence-electron chi connectivity index (χ0n) is 9.89. The van der Waals surface area contributed by atoms with Gasteiger partial charge in [-0.3, -0.25) is 10.6 Å². The molecule has 0 unspecified atom stereocenters. The maximum absolute atomic E-state index is 11.6. The third kappa shape index (κ3) is 2.08. The van der Waals surface area contributed by atoms with Gasteiger partial charge < -0.3 is 5.11 Å². The number of aromatic nitrogens is 4. The van der Waals surface area contributed by atoms with Crippen LogP contribution in [0.4, 0.5) is 0 Å². The van der Waals surface area contributed by atoms with E-state index in [9.17, 15) is 9.90 Å². The Bertz CT molecular complexity index is 644. The molecule has 0 bridgehead atoms. The van der Waals surface area contributed by atoms with Crippen LogP contribution >= 0.6 is 0 Å². The van der Waals surface area contributed by atoms with Crippen molar-refractivity contribution in [2.75, 3.05) is 0 Å². The summed E-state index contributed by atoms with van der Waals surface area (Å²) < 4.78 is 1.12. The molecular weight excluding hydrogens is 224 g/mol. The molecular formula is C9H14N6O2. The normalized spacial score (nSPS) is 12.1. The summed E-state index contributed by atoms with van der Waals surface area (Å²) in [4.78, 5) is 11.6. The SMILES string of the molecule is C/C([O-])=c1/c(C)nn2c(=O)c(C)nnc12.N[NH3+]. The molecule has 0 atom stereocenters. The molecule has 2 aromatic rings. The van der Waals surface area contributed by atoms with Gasteiger partial charge in [-0.05, 0) is 13.8 Å². The zero-order chi connectivity index (χ0) is 13.2. The smallest absolute Gasteiger partial charge is 0.296 e. The van der Waals surface area contributed by atoms with Crippen LogP contribution in [-0.4, -0.2) is 19.8 Å². The van der Waals surface area contributed by atoms with Gasteiger partial charge in [0.15, 0.2) is 5.65 Å². The van der Waals surface area contributed by atoms with Gasteiger partial charge in [0, 0.05) is 5.22 Å². The molecule has 17 heavy (non-hydrogen) atoms. The van der Waals surface area contributed by atoms with E-state index in [0.717, 1.165) is 4.52 Å². The van der Waals surface area contributed by atoms with E-state index in [4.69, 9.17) is 0 Å². The molecule has 0 aliphatic heterocycles. The first-order valence-electron chi connectivity index (χ1n) is 4.83. The Hall–Kier alpha value is -2.06. The number of nitrogens with two attached hydrogens (primary N) is 1. The second-order valence-electron chi connectivity index (χ2n) is 3.34. The Morgan fingerprint density at radius 1 is 1.29 bits per heavy atom. The lowest BCUT2D eigenvalue weighted by Crippen LogP contribution is -2.59. The molecule has 0 aromatic carbocycles. The fourth-order valence-corrected chi connectivity index (χ4v) is 1.48. The van der Waals surface area contributed by atoms with Crippen molar-refractivity contribution in [2.24, 2.45) is 5.84 Å². The molecule has 2 rings (SSSR count). The molecule has 2 heterocycles. The molecule has 0 saturated carbocycles. The molecule has 5 N–H and O–H groups in total. The highest BCUT2D eigenvalue weighted by Gasteiger charge is 2.08. The summed E-state index contributed by atoms with van der Waals surface area (Å²) in [7, 11) is 0. The minimum Gasteiger partial charge on any atom is -0.875 e. The van der Waals surface area contributed by atoms with E-state index in [-0.39, 0.29) is 22.7 Å². The maximum Gasteiger partial charge on any atom is 0.296 e. The zero-order valence-corrected chi connectivity index (χ0v) is 9.89. The van der Waals surface area contributed by atoms with E-state index in [0.29, 0.717) is 10.9 Å². The predicted molar refractivity (Wildman–Crippen MR) is 57.9 cm³/mol. The van der Waals surface area contributed by atoms with Crippen molar-refractivity contribution < 1.29 is 10.9 Å². The number of rotatable bonds is 0. The van der Waals surface area contributed by atoms with Crippen LogP contribution in [0.2, 0.25) is 0 Å². The Balaban J connectivity index is 0.000000686. The quantitative estimate of drug-likeness (QED) is 0.359. The average molecular weight is 238 g/mol. The van der Waals surface area contributed by atoms with E-state index in [1.165, 1.54) is 6.92 Å². The highest BCUT2D eigenvalue weighted by molar-refractivity contribution is 5.49. The summed E-state index contributed by atoms with van der Waals surface area (Å²) in [5.41, 5.74) is 0.658. The van der Waals surface area contributed by atoms with Gasteiger partial charge >= 0.3 is 0 Å². The summed E-state index contributed by atoms with van der Waals surface area (Å²) in [5, 5.41) is 23.2. The van der Waals surface area contributed by atoms with Gasteiger partial charge in [-0.25, -0.2) is 0 Å². The van der Waals surface area contributed by atoms with Crippen LogP contribution < -0.4 is 27.6 Å². The minimum atomic E-state index is -0.337. The van der Waals surface area contributed by atoms with Crippen molar-refractivity contribution in [3.05, 3.63) is 27.0 Å². The fourth-order valence-electron chi connectivity index (χ4n) is 1.48. The summed E-state index contributed by atoms with van der Waals surface area (Å²) in [6, 6.07) is 0. The average Bonchev–Trinajstić information content (AvgIpc) is 2.64. The van der Waals surface area contributed by atoms with Crippen LogP contribution in [0.1, 0.15) is 18.3 Å². The molecule has 2 aromatic heterocycles. The molecule has 8 heteroatoms. The van der Waals surface area contributed by atoms with Crippen molar-refractivity contribution in [1.82, 2.24) is 19.8 Å². The predicted octanol–water partition coefficient (Wildman–Crippen LogP) is -3.59. The third-order valence-electron chi connectivity index (χ3n) is 2.18. The van der Waals surface area contributed by atoms with Crippen molar-refractivity contribution in [3.63, 3.8) is 0 Å². The molecule has 0 spiro atoms. The first kappa shape index (κ1) is 13.0. The first-order chi connectivity index (χ1) is 8.02. The topological polar surface area (TPSA) is 137 Å². The summed E-state index contributed by atoms with van der Waals surface area (Å²) in [5.74, 6) is 6.83. The number of quaternary nitrogens is 1. The number of aryl methyl sites for hydroxylation is 2. The van der Waals surface area contributed by atoms with E-state index < -0.39 is 0 Å². The standard InChI is InChI=1S/C9H10N4O2.H4N2/c1-4-7(6(3)14)8-11-10-5(2)9(15)13(8)12-4;1-2/h14H,1-3H3;1-2H2/b7-6+;. The summed E-state index contributed by atoms with van der Waals surface area (Å²) in [6.07, 6.45) is 0. The fraction of sp³-hybridized carbons (Fsp3) is 0.333. The molecule has 0 aliphatic carbocycles. The Labute approximate surface area is 96.5 Å². The summed E-state index contributed by atoms with van der Waals surface area (Å²) >= 11 is 0. The van der Waals surface area contributed by atoms with Gasteiger partial charge in [0.25, 0.3) is 5.56 Å². The van der Waals surface area contributed by atoms with Crippen molar-refractivity contribution in [2.45, 2.75) is 20.8 Å². The third-order valence-corrected chi connectivity index (χ3v) is 2.18. The largest absolute Gasteiger partial charge is 0.875 e. The highest BCUT2D eigenvalue weighted by Crippen LogP contribution is 1.92. The Kier molecular flexibility index (Phi) is 3.71. The molecule has 0 saturated heterocycles. The number of nitrogens with zero attached hydrogens (tertiary/aromatic N) is 4. The van der Waals surface area contributed by atoms with Crippen LogP contribution in [0.5, 0.6) is 0 Å². The molecule has 0 fully saturated rings. The van der Waals surface area contributed by atoms with Crippen LogP contribution in [0.3, 0.4) is 0 Å². The number of hydrogen-bond acceptors (Lipinski definition) is 6. The Morgan fingerprint density at radius 3 is 2.41 bits per heavy atom. The monoisotopic (exact) mass is 238 g/mol. The van der Waals surface area contributed by atoms with Gasteiger partial charge in [0.2, 0.25) is 0 Å². The van der Waals surface area contributed by atoms with Crippen LogP contribution in [0.15, 0.2) is 4.79 Å². The van der Waals surface area contributed by atoms with E-state index in [1.807, 2.05) is 0 Å². The van der Waals surface area contributed by atoms with Crippen molar-refractivity contribution >= 4 is 11.4 Å². The lowest BCUT2D eigenvalue weighted by molar-refractivity contribution is -0.379. The van der Waals surface area contributed by atoms with E-state index in [2.05, 4.69) is 27.0 Å². The minimum absolute atomic E-state index is 0.167. The van der Waals surface area contributed by atoms with Crippen LogP contribution in [0.25, 0.3) is 11.4 Å². The number of hydrogen-bond donors (Lipinski definition) is 2. The van der Waals surface area contributed by atoms with E-state index >= 15 is 0 Å². The van der Waals surface area contributed by atoms with Gasteiger partial charge in [-0.1, -0.05) is 6.92 Å². The van der Waals surface area contributed by atoms with Crippen molar-refractivity contribution in [1.29, 1.82) is 0 Å². The molecule has 92 valence electrons. The number of fused-ring (bicyclic) bond motifs is 1. The van der Waals surface area contributed by atoms with Gasteiger partial charge in [-0.2, -0.15) is 15.5 Å². The second kappa shape index (κ2) is 4.85. The second-order valence-corrected chi connectivity index (χ2v) is 3.34. The first-order valence-corrected chi connectivity index (χ1v) is 4.83. The van der Waals surface area contributed by atoms with Crippen LogP contribution in [0, 0.1) is 13.8 Å². The molecule has 8 nitrogen and oxygen atoms in total. The summed E-state index contributed by atoms with van der Waals surface area (Å²) in [6.45, 7) is 4.63. The van der Waals surface area contributed by atoms with Gasteiger partial charge in [0.05, 0.1) is 5.69 Å². The lowest BCUT2D eigenvalue weighted by atomic mass is 10.3. The van der Waals surface area contributed by atoms with Crippen molar-refractivity contribution in [3.8, 4) is 0 Å². The lowest BCUT2D eigenvalue weighted by Gasteiger charge is -2.01. The molecule has 0 amide bonds.